The second kappa shape index (κ2) is 12.8. The van der Waals surface area contributed by atoms with Crippen molar-refractivity contribution in [3.8, 4) is 5.75 Å². The number of aliphatic carboxylic acids is 1. The molecule has 2 aliphatic rings. The minimum atomic E-state index is -0.920. The molecule has 40 heavy (non-hydrogen) atoms. The Kier molecular flexibility index (Phi) is 8.94. The lowest BCUT2D eigenvalue weighted by atomic mass is 9.82. The highest BCUT2D eigenvalue weighted by atomic mass is 16.5. The zero-order valence-corrected chi connectivity index (χ0v) is 23.5. The maximum Gasteiger partial charge on any atom is 0.305 e. The maximum absolute atomic E-state index is 12.7. The molecule has 1 saturated heterocycles. The summed E-state index contributed by atoms with van der Waals surface area (Å²) in [6.45, 7) is 3.79. The number of carbonyl (C=O) groups excluding carboxylic acids is 1. The molecule has 1 saturated carbocycles. The van der Waals surface area contributed by atoms with Gasteiger partial charge in [-0.2, -0.15) is 0 Å². The van der Waals surface area contributed by atoms with E-state index in [0.29, 0.717) is 11.5 Å². The number of furan rings is 1. The van der Waals surface area contributed by atoms with Crippen molar-refractivity contribution in [3.05, 3.63) is 59.4 Å². The minimum absolute atomic E-state index is 0.00681. The van der Waals surface area contributed by atoms with E-state index in [9.17, 15) is 9.59 Å². The molecule has 0 bridgehead atoms. The first-order chi connectivity index (χ1) is 19.4. The van der Waals surface area contributed by atoms with Gasteiger partial charge >= 0.3 is 5.97 Å². The first kappa shape index (κ1) is 28.0. The fourth-order valence-electron chi connectivity index (χ4n) is 5.91. The molecule has 1 amide bonds. The number of amides is 1. The molecule has 0 radical (unpaired) electrons. The number of rotatable bonds is 10. The van der Waals surface area contributed by atoms with Crippen molar-refractivity contribution in [2.45, 2.75) is 70.4 Å². The summed E-state index contributed by atoms with van der Waals surface area (Å²) in [6, 6.07) is 13.6. The molecule has 1 aromatic heterocycles. The second-order valence-corrected chi connectivity index (χ2v) is 11.1. The Morgan fingerprint density at radius 1 is 1.05 bits per heavy atom. The Balaban J connectivity index is 1.36. The average Bonchev–Trinajstić information content (AvgIpc) is 3.30. The number of aryl methyl sites for hydroxylation is 1. The van der Waals surface area contributed by atoms with Crippen LogP contribution in [0.3, 0.4) is 0 Å². The van der Waals surface area contributed by atoms with Gasteiger partial charge in [-0.25, -0.2) is 0 Å². The quantitative estimate of drug-likeness (QED) is 0.295. The molecule has 1 aliphatic carbocycles. The van der Waals surface area contributed by atoms with E-state index in [-0.39, 0.29) is 31.0 Å². The zero-order chi connectivity index (χ0) is 28.1. The van der Waals surface area contributed by atoms with Crippen LogP contribution >= 0.6 is 0 Å². The first-order valence-electron chi connectivity index (χ1n) is 14.5. The number of ether oxygens (including phenoxy) is 2. The lowest BCUT2D eigenvalue weighted by Gasteiger charge is -2.31. The van der Waals surface area contributed by atoms with Gasteiger partial charge in [0.1, 0.15) is 23.2 Å². The van der Waals surface area contributed by atoms with Gasteiger partial charge in [0, 0.05) is 48.6 Å². The van der Waals surface area contributed by atoms with Crippen LogP contribution in [0, 0.1) is 12.8 Å². The van der Waals surface area contributed by atoms with Gasteiger partial charge in [-0.1, -0.05) is 19.3 Å². The zero-order valence-electron chi connectivity index (χ0n) is 23.5. The number of carboxylic acids is 1. The third kappa shape index (κ3) is 6.61. The Bertz CT molecular complexity index is 1300. The van der Waals surface area contributed by atoms with E-state index in [0.717, 1.165) is 72.6 Å². The van der Waals surface area contributed by atoms with Crippen LogP contribution in [0.2, 0.25) is 0 Å². The highest BCUT2D eigenvalue weighted by Crippen LogP contribution is 2.41. The average molecular weight is 549 g/mol. The highest BCUT2D eigenvalue weighted by Gasteiger charge is 2.30. The second-order valence-electron chi connectivity index (χ2n) is 11.1. The largest absolute Gasteiger partial charge is 0.490 e. The molecule has 0 spiro atoms. The summed E-state index contributed by atoms with van der Waals surface area (Å²) in [4.78, 5) is 25.1. The molecule has 2 N–H and O–H groups in total. The molecule has 2 aromatic carbocycles. The number of carboxylic acid groups (broad SMARTS) is 1. The molecule has 1 unspecified atom stereocenters. The van der Waals surface area contributed by atoms with Crippen LogP contribution in [0.25, 0.3) is 11.0 Å². The van der Waals surface area contributed by atoms with Crippen LogP contribution in [0.1, 0.15) is 79.1 Å². The number of nitrogens with one attached hydrogen (secondary N) is 1. The van der Waals surface area contributed by atoms with Gasteiger partial charge in [-0.3, -0.25) is 9.59 Å². The number of nitrogens with zero attached hydrogens (tertiary/aromatic N) is 1. The maximum atomic E-state index is 12.7. The van der Waals surface area contributed by atoms with Crippen molar-refractivity contribution in [3.63, 3.8) is 0 Å². The summed E-state index contributed by atoms with van der Waals surface area (Å²) in [6.07, 6.45) is 7.87. The van der Waals surface area contributed by atoms with Crippen molar-refractivity contribution >= 4 is 28.5 Å². The monoisotopic (exact) mass is 548 g/mol. The van der Waals surface area contributed by atoms with Gasteiger partial charge in [0.15, 0.2) is 0 Å². The van der Waals surface area contributed by atoms with E-state index in [2.05, 4.69) is 18.3 Å². The Morgan fingerprint density at radius 3 is 2.48 bits per heavy atom. The molecule has 2 heterocycles. The van der Waals surface area contributed by atoms with Crippen LogP contribution in [-0.2, 0) is 9.53 Å². The summed E-state index contributed by atoms with van der Waals surface area (Å²) < 4.78 is 18.3. The van der Waals surface area contributed by atoms with E-state index in [1.807, 2.05) is 24.3 Å². The fraction of sp³-hybridized carbons (Fsp3) is 0.500. The van der Waals surface area contributed by atoms with E-state index in [1.54, 1.807) is 19.2 Å². The summed E-state index contributed by atoms with van der Waals surface area (Å²) in [7, 11) is 1.63. The Morgan fingerprint density at radius 2 is 1.77 bits per heavy atom. The summed E-state index contributed by atoms with van der Waals surface area (Å²) in [5.41, 5.74) is 3.44. The molecule has 214 valence electrons. The van der Waals surface area contributed by atoms with Crippen molar-refractivity contribution in [2.75, 3.05) is 32.1 Å². The smallest absolute Gasteiger partial charge is 0.305 e. The molecule has 2 fully saturated rings. The number of hydrogen-bond acceptors (Lipinski definition) is 6. The van der Waals surface area contributed by atoms with Gasteiger partial charge in [0.05, 0.1) is 25.7 Å². The SMILES string of the molecule is Cc1c(C(Nc2ccc(C(=O)N(C)CCC(=O)O)cc2)C2CCCCC2)oc2ccc(OC3CCOCC3)cc12. The number of carbonyl (C=O) groups is 2. The molecule has 8 nitrogen and oxygen atoms in total. The summed E-state index contributed by atoms with van der Waals surface area (Å²) >= 11 is 0. The Hall–Kier alpha value is -3.52. The van der Waals surface area contributed by atoms with Gasteiger partial charge in [0.25, 0.3) is 5.91 Å². The predicted octanol–water partition coefficient (Wildman–Crippen LogP) is 6.58. The molecular formula is C32H40N2O6. The van der Waals surface area contributed by atoms with Crippen molar-refractivity contribution < 1.29 is 28.6 Å². The number of fused-ring (bicyclic) bond motifs is 1. The lowest BCUT2D eigenvalue weighted by molar-refractivity contribution is -0.137. The van der Waals surface area contributed by atoms with Crippen LogP contribution in [0.5, 0.6) is 5.75 Å². The third-order valence-corrected chi connectivity index (χ3v) is 8.28. The normalized spacial score (nSPS) is 17.4. The van der Waals surface area contributed by atoms with Gasteiger partial charge in [-0.05, 0) is 68.1 Å². The van der Waals surface area contributed by atoms with Crippen molar-refractivity contribution in [1.29, 1.82) is 0 Å². The predicted molar refractivity (Wildman–Crippen MR) is 154 cm³/mol. The molecule has 1 atom stereocenters. The van der Waals surface area contributed by atoms with Gasteiger partial charge < -0.3 is 29.2 Å². The van der Waals surface area contributed by atoms with Crippen LogP contribution in [0.4, 0.5) is 5.69 Å². The molecular weight excluding hydrogens is 508 g/mol. The third-order valence-electron chi connectivity index (χ3n) is 8.28. The van der Waals surface area contributed by atoms with Crippen LogP contribution in [0.15, 0.2) is 46.9 Å². The molecule has 3 aromatic rings. The molecule has 5 rings (SSSR count). The molecule has 8 heteroatoms. The topological polar surface area (TPSA) is 101 Å². The number of anilines is 1. The highest BCUT2D eigenvalue weighted by molar-refractivity contribution is 5.94. The first-order valence-corrected chi connectivity index (χ1v) is 14.5. The molecule has 1 aliphatic heterocycles. The van der Waals surface area contributed by atoms with E-state index in [4.69, 9.17) is 19.0 Å². The lowest BCUT2D eigenvalue weighted by Crippen LogP contribution is -2.29. The van der Waals surface area contributed by atoms with Gasteiger partial charge in [-0.15, -0.1) is 0 Å². The number of hydrogen-bond donors (Lipinski definition) is 2. The van der Waals surface area contributed by atoms with E-state index >= 15 is 0 Å². The Labute approximate surface area is 235 Å². The van der Waals surface area contributed by atoms with Crippen molar-refractivity contribution in [2.24, 2.45) is 5.92 Å². The van der Waals surface area contributed by atoms with Crippen molar-refractivity contribution in [1.82, 2.24) is 4.90 Å². The fourth-order valence-corrected chi connectivity index (χ4v) is 5.91. The van der Waals surface area contributed by atoms with E-state index in [1.165, 1.54) is 24.2 Å². The van der Waals surface area contributed by atoms with E-state index < -0.39 is 5.97 Å². The van der Waals surface area contributed by atoms with Crippen LogP contribution in [-0.4, -0.2) is 54.8 Å². The van der Waals surface area contributed by atoms with Gasteiger partial charge in [0.2, 0.25) is 0 Å². The minimum Gasteiger partial charge on any atom is -0.490 e. The summed E-state index contributed by atoms with van der Waals surface area (Å²) in [5, 5.41) is 13.7. The number of benzene rings is 2. The summed E-state index contributed by atoms with van der Waals surface area (Å²) in [5.74, 6) is 1.15. The van der Waals surface area contributed by atoms with Crippen LogP contribution < -0.4 is 10.1 Å². The standard InChI is InChI=1S/C32H40N2O6/c1-21-27-20-26(39-25-15-18-38-19-16-25)12-13-28(27)40-31(21)30(22-6-4-3-5-7-22)33-24-10-8-23(9-11-24)32(37)34(2)17-14-29(35)36/h8-13,20,22,25,30,33H,3-7,14-19H2,1-2H3,(H,35,36).